The number of likely N-dealkylation sites (tertiary alicyclic amines) is 1. The molecule has 0 radical (unpaired) electrons. The Morgan fingerprint density at radius 2 is 1.68 bits per heavy atom. The van der Waals surface area contributed by atoms with Crippen LogP contribution in [0.1, 0.15) is 34.3 Å². The van der Waals surface area contributed by atoms with Crippen molar-refractivity contribution in [3.8, 4) is 0 Å². The third-order valence-electron chi connectivity index (χ3n) is 4.99. The van der Waals surface area contributed by atoms with E-state index in [-0.39, 0.29) is 30.7 Å². The average molecular weight is 423 g/mol. The molecule has 1 fully saturated rings. The minimum atomic E-state index is -0.510. The van der Waals surface area contributed by atoms with Gasteiger partial charge in [-0.15, -0.1) is 0 Å². The van der Waals surface area contributed by atoms with Crippen LogP contribution in [0.2, 0.25) is 0 Å². The Hall–Kier alpha value is -3.68. The van der Waals surface area contributed by atoms with E-state index in [9.17, 15) is 19.2 Å². The number of nitrogens with zero attached hydrogens (tertiary/aromatic N) is 1. The van der Waals surface area contributed by atoms with Gasteiger partial charge in [0.05, 0.1) is 13.5 Å². The first-order chi connectivity index (χ1) is 14.9. The number of hydrogen-bond donors (Lipinski definition) is 2. The third kappa shape index (κ3) is 6.40. The molecule has 8 nitrogen and oxygen atoms in total. The van der Waals surface area contributed by atoms with Crippen LogP contribution in [0.3, 0.4) is 0 Å². The van der Waals surface area contributed by atoms with Crippen LogP contribution < -0.4 is 10.6 Å². The molecule has 3 amide bonds. The number of amides is 3. The summed E-state index contributed by atoms with van der Waals surface area (Å²) in [5.41, 5.74) is 2.86. The molecule has 0 atom stereocenters. The quantitative estimate of drug-likeness (QED) is 0.631. The smallest absolute Gasteiger partial charge is 0.325 e. The summed E-state index contributed by atoms with van der Waals surface area (Å²) < 4.78 is 4.47. The molecule has 0 aliphatic carbocycles. The van der Waals surface area contributed by atoms with Crippen molar-refractivity contribution in [2.45, 2.75) is 25.8 Å². The maximum Gasteiger partial charge on any atom is 0.325 e. The molecular weight excluding hydrogens is 398 g/mol. The minimum absolute atomic E-state index is 0.117. The van der Waals surface area contributed by atoms with Crippen molar-refractivity contribution in [1.82, 2.24) is 10.2 Å². The van der Waals surface area contributed by atoms with E-state index < -0.39 is 5.97 Å². The molecule has 3 rings (SSSR count). The van der Waals surface area contributed by atoms with Gasteiger partial charge in [-0.05, 0) is 41.8 Å². The van der Waals surface area contributed by atoms with Gasteiger partial charge in [0.15, 0.2) is 0 Å². The lowest BCUT2D eigenvalue weighted by Crippen LogP contribution is -2.31. The highest BCUT2D eigenvalue weighted by molar-refractivity contribution is 6.04. The first kappa shape index (κ1) is 22.0. The summed E-state index contributed by atoms with van der Waals surface area (Å²) in [6.45, 7) is 1.18. The van der Waals surface area contributed by atoms with Crippen LogP contribution in [0, 0.1) is 0 Å². The zero-order valence-electron chi connectivity index (χ0n) is 17.3. The van der Waals surface area contributed by atoms with Crippen LogP contribution in [-0.4, -0.2) is 48.8 Å². The highest BCUT2D eigenvalue weighted by Crippen LogP contribution is 2.16. The van der Waals surface area contributed by atoms with Gasteiger partial charge in [0.25, 0.3) is 5.91 Å². The van der Waals surface area contributed by atoms with Crippen LogP contribution in [-0.2, 0) is 32.1 Å². The first-order valence-corrected chi connectivity index (χ1v) is 10.0. The number of rotatable bonds is 8. The molecule has 31 heavy (non-hydrogen) atoms. The average Bonchev–Trinajstić information content (AvgIpc) is 3.18. The van der Waals surface area contributed by atoms with Crippen LogP contribution in [0.25, 0.3) is 0 Å². The molecule has 2 aromatic rings. The Kier molecular flexibility index (Phi) is 7.37. The Balaban J connectivity index is 1.50. The molecule has 1 aliphatic rings. The van der Waals surface area contributed by atoms with E-state index in [1.807, 2.05) is 17.0 Å². The number of anilines is 1. The van der Waals surface area contributed by atoms with Crippen LogP contribution in [0.4, 0.5) is 5.69 Å². The molecule has 1 saturated heterocycles. The molecule has 162 valence electrons. The molecule has 1 heterocycles. The maximum atomic E-state index is 12.5. The molecule has 8 heteroatoms. The van der Waals surface area contributed by atoms with Crippen LogP contribution in [0.15, 0.2) is 48.5 Å². The normalized spacial score (nSPS) is 13.1. The second-order valence-electron chi connectivity index (χ2n) is 7.30. The minimum Gasteiger partial charge on any atom is -0.468 e. The van der Waals surface area contributed by atoms with E-state index in [2.05, 4.69) is 15.4 Å². The monoisotopic (exact) mass is 423 g/mol. The summed E-state index contributed by atoms with van der Waals surface area (Å²) >= 11 is 0. The van der Waals surface area contributed by atoms with E-state index in [1.54, 1.807) is 36.4 Å². The van der Waals surface area contributed by atoms with E-state index in [4.69, 9.17) is 0 Å². The highest BCUT2D eigenvalue weighted by Gasteiger charge is 2.20. The van der Waals surface area contributed by atoms with Gasteiger partial charge in [-0.2, -0.15) is 0 Å². The summed E-state index contributed by atoms with van der Waals surface area (Å²) in [7, 11) is 1.26. The van der Waals surface area contributed by atoms with E-state index in [1.165, 1.54) is 7.11 Å². The third-order valence-corrected chi connectivity index (χ3v) is 4.99. The van der Waals surface area contributed by atoms with Gasteiger partial charge >= 0.3 is 5.97 Å². The van der Waals surface area contributed by atoms with E-state index in [0.29, 0.717) is 24.2 Å². The van der Waals surface area contributed by atoms with Crippen molar-refractivity contribution < 1.29 is 23.9 Å². The lowest BCUT2D eigenvalue weighted by molar-refractivity contribution is -0.141. The number of ether oxygens (including phenoxy) is 1. The molecule has 0 bridgehead atoms. The Morgan fingerprint density at radius 1 is 1.00 bits per heavy atom. The highest BCUT2D eigenvalue weighted by atomic mass is 16.5. The number of carbonyl (C=O) groups excluding carboxylic acids is 4. The number of carbonyl (C=O) groups is 4. The van der Waals surface area contributed by atoms with Crippen molar-refractivity contribution in [2.24, 2.45) is 0 Å². The van der Waals surface area contributed by atoms with Gasteiger partial charge in [0, 0.05) is 30.8 Å². The molecule has 0 spiro atoms. The lowest BCUT2D eigenvalue weighted by atomic mass is 10.1. The molecule has 1 aliphatic heterocycles. The second-order valence-corrected chi connectivity index (χ2v) is 7.30. The zero-order valence-corrected chi connectivity index (χ0v) is 17.3. The van der Waals surface area contributed by atoms with Crippen LogP contribution >= 0.6 is 0 Å². The summed E-state index contributed by atoms with van der Waals surface area (Å²) in [5, 5.41) is 5.30. The number of esters is 1. The topological polar surface area (TPSA) is 105 Å². The summed E-state index contributed by atoms with van der Waals surface area (Å²) in [4.78, 5) is 48.9. The van der Waals surface area contributed by atoms with Crippen molar-refractivity contribution in [2.75, 3.05) is 25.5 Å². The Labute approximate surface area is 180 Å². The number of nitrogens with one attached hydrogen (secondary N) is 2. The van der Waals surface area contributed by atoms with Gasteiger partial charge < -0.3 is 20.3 Å². The largest absolute Gasteiger partial charge is 0.468 e. The van der Waals surface area contributed by atoms with E-state index >= 15 is 0 Å². The number of benzene rings is 2. The van der Waals surface area contributed by atoms with Gasteiger partial charge in [-0.25, -0.2) is 0 Å². The Bertz CT molecular complexity index is 954. The lowest BCUT2D eigenvalue weighted by Gasteiger charge is -2.15. The fourth-order valence-electron chi connectivity index (χ4n) is 3.25. The number of methoxy groups -OCH3 is 1. The van der Waals surface area contributed by atoms with Gasteiger partial charge in [0.1, 0.15) is 6.54 Å². The molecule has 0 saturated carbocycles. The van der Waals surface area contributed by atoms with Crippen LogP contribution in [0.5, 0.6) is 0 Å². The zero-order chi connectivity index (χ0) is 22.2. The summed E-state index contributed by atoms with van der Waals surface area (Å²) in [6.07, 6.45) is 1.62. The van der Waals surface area contributed by atoms with Crippen molar-refractivity contribution in [1.29, 1.82) is 0 Å². The predicted molar refractivity (Wildman–Crippen MR) is 114 cm³/mol. The summed E-state index contributed by atoms with van der Waals surface area (Å²) in [6, 6.07) is 14.1. The number of hydrogen-bond acceptors (Lipinski definition) is 5. The summed E-state index contributed by atoms with van der Waals surface area (Å²) in [5.74, 6) is -0.875. The fraction of sp³-hybridized carbons (Fsp3) is 0.304. The second kappa shape index (κ2) is 10.4. The Morgan fingerprint density at radius 3 is 2.29 bits per heavy atom. The first-order valence-electron chi connectivity index (χ1n) is 10.0. The SMILES string of the molecule is COC(=O)CNC(=O)Cc1ccc(NC(=O)c2ccc(CN3CCCC3=O)cc2)cc1. The van der Waals surface area contributed by atoms with Gasteiger partial charge in [-0.3, -0.25) is 19.2 Å². The fourth-order valence-corrected chi connectivity index (χ4v) is 3.25. The van der Waals surface area contributed by atoms with E-state index in [0.717, 1.165) is 24.1 Å². The molecular formula is C23H25N3O5. The molecule has 0 unspecified atom stereocenters. The molecule has 2 N–H and O–H groups in total. The van der Waals surface area contributed by atoms with Gasteiger partial charge in [0.2, 0.25) is 11.8 Å². The van der Waals surface area contributed by atoms with Crippen molar-refractivity contribution >= 4 is 29.4 Å². The predicted octanol–water partition coefficient (Wildman–Crippen LogP) is 1.89. The molecule has 0 aromatic heterocycles. The molecule has 2 aromatic carbocycles. The standard InChI is InChI=1S/C23H25N3O5/c1-31-22(29)14-24-20(27)13-16-6-10-19(11-7-16)25-23(30)18-8-4-17(5-9-18)15-26-12-2-3-21(26)28/h4-11H,2-3,12-15H2,1H3,(H,24,27)(H,25,30). The van der Waals surface area contributed by atoms with Crippen molar-refractivity contribution in [3.63, 3.8) is 0 Å². The van der Waals surface area contributed by atoms with Gasteiger partial charge in [-0.1, -0.05) is 24.3 Å². The van der Waals surface area contributed by atoms with Crippen molar-refractivity contribution in [3.05, 3.63) is 65.2 Å². The maximum absolute atomic E-state index is 12.5.